The van der Waals surface area contributed by atoms with E-state index in [4.69, 9.17) is 26.1 Å². The summed E-state index contributed by atoms with van der Waals surface area (Å²) in [6.07, 6.45) is 9.28. The summed E-state index contributed by atoms with van der Waals surface area (Å²) in [6.45, 7) is 2.37. The van der Waals surface area contributed by atoms with Gasteiger partial charge in [-0.1, -0.05) is 11.6 Å². The van der Waals surface area contributed by atoms with E-state index < -0.39 is 11.5 Å². The maximum atomic E-state index is 16.9. The van der Waals surface area contributed by atoms with Crippen LogP contribution in [-0.4, -0.2) is 89.3 Å². The minimum absolute atomic E-state index is 0.00727. The summed E-state index contributed by atoms with van der Waals surface area (Å²) >= 11 is 6.80. The Kier molecular flexibility index (Phi) is 7.83. The summed E-state index contributed by atoms with van der Waals surface area (Å²) in [4.78, 5) is 18.1. The van der Waals surface area contributed by atoms with E-state index in [9.17, 15) is 0 Å². The third kappa shape index (κ3) is 5.70. The molecule has 6 bridgehead atoms. The zero-order valence-electron chi connectivity index (χ0n) is 25.3. The number of pyridine rings is 1. The van der Waals surface area contributed by atoms with Crippen LogP contribution in [0, 0.1) is 11.2 Å². The SMILES string of the molecule is CN(C)CC1(COc2nc3c4cnc(c(F)c4n2)-c2c(c(Cl)cc4[nH]ncc24)CCCCOC[C@]2(F)CCCCN3C2)CC1. The van der Waals surface area contributed by atoms with Gasteiger partial charge >= 0.3 is 6.01 Å². The summed E-state index contributed by atoms with van der Waals surface area (Å²) in [7, 11) is 4.09. The van der Waals surface area contributed by atoms with Gasteiger partial charge in [-0.15, -0.1) is 0 Å². The number of H-pyrrole nitrogens is 1. The topological polar surface area (TPSA) is 92.3 Å². The van der Waals surface area contributed by atoms with Crippen LogP contribution >= 0.6 is 11.6 Å². The van der Waals surface area contributed by atoms with Crippen molar-refractivity contribution in [2.75, 3.05) is 58.5 Å². The van der Waals surface area contributed by atoms with Crippen LogP contribution in [0.25, 0.3) is 33.1 Å². The molecule has 8 rings (SSSR count). The first kappa shape index (κ1) is 29.6. The molecule has 1 N–H and O–H groups in total. The molecule has 1 saturated carbocycles. The number of halogens is 3. The highest BCUT2D eigenvalue weighted by Gasteiger charge is 2.44. The molecule has 2 fully saturated rings. The van der Waals surface area contributed by atoms with E-state index in [1.807, 2.05) is 25.1 Å². The van der Waals surface area contributed by atoms with Crippen molar-refractivity contribution in [2.24, 2.45) is 5.41 Å². The van der Waals surface area contributed by atoms with Crippen LogP contribution in [0.2, 0.25) is 5.02 Å². The highest BCUT2D eigenvalue weighted by Crippen LogP contribution is 2.46. The molecule has 1 aromatic carbocycles. The number of ether oxygens (including phenoxy) is 2. The monoisotopic (exact) mass is 625 g/mol. The van der Waals surface area contributed by atoms with Gasteiger partial charge in [0.15, 0.2) is 11.5 Å². The number of fused-ring (bicyclic) bond motifs is 7. The van der Waals surface area contributed by atoms with Crippen molar-refractivity contribution < 1.29 is 18.3 Å². The minimum Gasteiger partial charge on any atom is -0.463 e. The fourth-order valence-corrected chi connectivity index (χ4v) is 7.13. The van der Waals surface area contributed by atoms with E-state index in [-0.39, 0.29) is 35.8 Å². The summed E-state index contributed by atoms with van der Waals surface area (Å²) in [5.74, 6) is -0.163. The predicted molar refractivity (Wildman–Crippen MR) is 167 cm³/mol. The van der Waals surface area contributed by atoms with Crippen LogP contribution < -0.4 is 9.64 Å². The lowest BCUT2D eigenvalue weighted by molar-refractivity contribution is 0.0142. The zero-order chi connectivity index (χ0) is 30.5. The molecule has 0 unspecified atom stereocenters. The van der Waals surface area contributed by atoms with Crippen molar-refractivity contribution >= 4 is 39.2 Å². The molecule has 0 radical (unpaired) electrons. The van der Waals surface area contributed by atoms with E-state index in [0.29, 0.717) is 66.3 Å². The molecule has 0 spiro atoms. The Morgan fingerprint density at radius 1 is 1.11 bits per heavy atom. The molecule has 3 aliphatic heterocycles. The number of nitrogens with zero attached hydrogens (tertiary/aromatic N) is 6. The Hall–Kier alpha value is -3.15. The van der Waals surface area contributed by atoms with Crippen molar-refractivity contribution in [3.05, 3.63) is 34.9 Å². The Bertz CT molecular complexity index is 1690. The number of aromatic amines is 1. The van der Waals surface area contributed by atoms with Gasteiger partial charge in [-0.05, 0) is 77.1 Å². The van der Waals surface area contributed by atoms with Crippen molar-refractivity contribution in [3.63, 3.8) is 0 Å². The number of hydrogen-bond acceptors (Lipinski definition) is 8. The van der Waals surface area contributed by atoms with Crippen molar-refractivity contribution in [1.29, 1.82) is 0 Å². The molecule has 234 valence electrons. The van der Waals surface area contributed by atoms with E-state index in [2.05, 4.69) is 25.1 Å². The van der Waals surface area contributed by atoms with Crippen molar-refractivity contribution in [1.82, 2.24) is 30.0 Å². The standard InChI is InChI=1S/C32H38ClF2N7O2/c1-41(2)16-31(9-10-31)18-44-30-38-27-22-14-36-28(26(27)34)25-20(23(33)13-24-21(25)15-37-40-24)7-3-6-12-43-19-32(35)8-4-5-11-42(17-32)29(22)39-30/h13-15H,3-12,16-19H2,1-2H3,(H,37,40)/t32-/m0/s1. The first-order chi connectivity index (χ1) is 21.2. The summed E-state index contributed by atoms with van der Waals surface area (Å²) in [5.41, 5.74) is 0.757. The van der Waals surface area contributed by atoms with E-state index in [1.165, 1.54) is 0 Å². The van der Waals surface area contributed by atoms with Gasteiger partial charge in [-0.25, -0.2) is 8.78 Å². The number of aromatic nitrogens is 5. The van der Waals surface area contributed by atoms with E-state index in [0.717, 1.165) is 49.6 Å². The molecule has 3 aromatic heterocycles. The Morgan fingerprint density at radius 3 is 2.80 bits per heavy atom. The van der Waals surface area contributed by atoms with Gasteiger partial charge in [-0.2, -0.15) is 15.1 Å². The Labute approximate surface area is 260 Å². The van der Waals surface area contributed by atoms with Crippen LogP contribution in [-0.2, 0) is 11.2 Å². The minimum atomic E-state index is -1.57. The van der Waals surface area contributed by atoms with Crippen molar-refractivity contribution in [3.8, 4) is 17.3 Å². The van der Waals surface area contributed by atoms with E-state index in [1.54, 1.807) is 12.4 Å². The van der Waals surface area contributed by atoms with Gasteiger partial charge in [0, 0.05) is 47.3 Å². The smallest absolute Gasteiger partial charge is 0.319 e. The van der Waals surface area contributed by atoms with Crippen LogP contribution in [0.1, 0.15) is 50.5 Å². The largest absolute Gasteiger partial charge is 0.463 e. The number of anilines is 1. The average molecular weight is 626 g/mol. The van der Waals surface area contributed by atoms with Gasteiger partial charge in [0.25, 0.3) is 0 Å². The second-order valence-corrected chi connectivity index (χ2v) is 13.5. The summed E-state index contributed by atoms with van der Waals surface area (Å²) in [6, 6.07) is 1.90. The third-order valence-electron chi connectivity index (χ3n) is 9.20. The summed E-state index contributed by atoms with van der Waals surface area (Å²) < 4.78 is 45.4. The average Bonchev–Trinajstić information content (AvgIpc) is 3.64. The lowest BCUT2D eigenvalue weighted by Crippen LogP contribution is -2.42. The predicted octanol–water partition coefficient (Wildman–Crippen LogP) is 6.13. The van der Waals surface area contributed by atoms with Gasteiger partial charge in [0.2, 0.25) is 0 Å². The molecule has 9 nitrogen and oxygen atoms in total. The molecule has 4 aliphatic rings. The highest BCUT2D eigenvalue weighted by atomic mass is 35.5. The quantitative estimate of drug-likeness (QED) is 0.283. The van der Waals surface area contributed by atoms with Crippen LogP contribution in [0.15, 0.2) is 18.5 Å². The number of alkyl halides is 1. The lowest BCUT2D eigenvalue weighted by atomic mass is 9.95. The van der Waals surface area contributed by atoms with Crippen LogP contribution in [0.5, 0.6) is 6.01 Å². The fourth-order valence-electron chi connectivity index (χ4n) is 6.84. The first-order valence-corrected chi connectivity index (χ1v) is 15.9. The van der Waals surface area contributed by atoms with E-state index >= 15 is 8.78 Å². The van der Waals surface area contributed by atoms with Gasteiger partial charge in [0.1, 0.15) is 17.0 Å². The molecule has 6 heterocycles. The fraction of sp³-hybridized carbons (Fsp3) is 0.562. The molecule has 12 heteroatoms. The Morgan fingerprint density at radius 2 is 1.98 bits per heavy atom. The zero-order valence-corrected chi connectivity index (χ0v) is 26.0. The summed E-state index contributed by atoms with van der Waals surface area (Å²) in [5, 5.41) is 8.82. The van der Waals surface area contributed by atoms with Crippen LogP contribution in [0.3, 0.4) is 0 Å². The number of nitrogens with one attached hydrogen (secondary N) is 1. The first-order valence-electron chi connectivity index (χ1n) is 15.5. The van der Waals surface area contributed by atoms with Gasteiger partial charge in [0.05, 0.1) is 36.9 Å². The highest BCUT2D eigenvalue weighted by molar-refractivity contribution is 6.33. The maximum absolute atomic E-state index is 16.9. The van der Waals surface area contributed by atoms with Crippen molar-refractivity contribution in [2.45, 2.75) is 57.0 Å². The molecule has 1 saturated heterocycles. The van der Waals surface area contributed by atoms with Gasteiger partial charge in [-0.3, -0.25) is 10.1 Å². The molecule has 4 aromatic rings. The number of rotatable bonds is 5. The second kappa shape index (κ2) is 11.7. The molecular formula is C32H38ClF2N7O2. The molecule has 1 atom stereocenters. The van der Waals surface area contributed by atoms with Crippen LogP contribution in [0.4, 0.5) is 14.6 Å². The molecule has 44 heavy (non-hydrogen) atoms. The number of benzene rings is 1. The lowest BCUT2D eigenvalue weighted by Gasteiger charge is -2.31. The normalized spacial score (nSPS) is 22.1. The maximum Gasteiger partial charge on any atom is 0.319 e. The molecule has 1 aliphatic carbocycles. The Balaban J connectivity index is 1.41. The molecular weight excluding hydrogens is 588 g/mol. The molecule has 0 amide bonds. The van der Waals surface area contributed by atoms with Gasteiger partial charge < -0.3 is 19.3 Å². The second-order valence-electron chi connectivity index (χ2n) is 13.1. The number of hydrogen-bond donors (Lipinski definition) is 1. The third-order valence-corrected chi connectivity index (χ3v) is 9.54.